The summed E-state index contributed by atoms with van der Waals surface area (Å²) in [6, 6.07) is 6.56. The summed E-state index contributed by atoms with van der Waals surface area (Å²) in [5.74, 6) is 2.66. The molecule has 0 aromatic heterocycles. The van der Waals surface area contributed by atoms with Gasteiger partial charge in [-0.1, -0.05) is 6.42 Å². The molecule has 0 heterocycles. The van der Waals surface area contributed by atoms with E-state index in [-0.39, 0.29) is 5.56 Å². The Labute approximate surface area is 125 Å². The SMILES string of the molecule is O=C(O)c1ccc(OCCNCC2CC3CCC2C3)cc1. The molecule has 0 radical (unpaired) electrons. The monoisotopic (exact) mass is 289 g/mol. The zero-order valence-electron chi connectivity index (χ0n) is 12.3. The molecule has 0 saturated heterocycles. The van der Waals surface area contributed by atoms with Crippen LogP contribution in [0.4, 0.5) is 0 Å². The lowest BCUT2D eigenvalue weighted by molar-refractivity contribution is 0.0697. The minimum absolute atomic E-state index is 0.289. The largest absolute Gasteiger partial charge is 0.492 e. The second-order valence-electron chi connectivity index (χ2n) is 6.32. The van der Waals surface area contributed by atoms with Crippen LogP contribution in [0.3, 0.4) is 0 Å². The molecule has 4 heteroatoms. The van der Waals surface area contributed by atoms with Gasteiger partial charge in [-0.3, -0.25) is 0 Å². The lowest BCUT2D eigenvalue weighted by atomic mass is 9.89. The standard InChI is InChI=1S/C17H23NO3/c19-17(20)13-3-5-16(6-4-13)21-8-7-18-11-15-10-12-1-2-14(15)9-12/h3-6,12,14-15,18H,1-2,7-11H2,(H,19,20). The number of aromatic carboxylic acids is 1. The number of benzene rings is 1. The predicted octanol–water partition coefficient (Wildman–Crippen LogP) is 2.79. The van der Waals surface area contributed by atoms with E-state index in [1.54, 1.807) is 24.3 Å². The summed E-state index contributed by atoms with van der Waals surface area (Å²) in [6.07, 6.45) is 5.76. The zero-order valence-corrected chi connectivity index (χ0v) is 12.3. The van der Waals surface area contributed by atoms with Gasteiger partial charge >= 0.3 is 5.97 Å². The first-order valence-corrected chi connectivity index (χ1v) is 7.89. The smallest absolute Gasteiger partial charge is 0.335 e. The van der Waals surface area contributed by atoms with Gasteiger partial charge in [-0.05, 0) is 67.8 Å². The van der Waals surface area contributed by atoms with Crippen LogP contribution in [0.1, 0.15) is 36.0 Å². The van der Waals surface area contributed by atoms with Crippen molar-refractivity contribution in [3.05, 3.63) is 29.8 Å². The molecular weight excluding hydrogens is 266 g/mol. The molecule has 21 heavy (non-hydrogen) atoms. The number of fused-ring (bicyclic) bond motifs is 2. The van der Waals surface area contributed by atoms with Gasteiger partial charge in [0, 0.05) is 6.54 Å². The summed E-state index contributed by atoms with van der Waals surface area (Å²) in [5, 5.41) is 12.3. The van der Waals surface area contributed by atoms with E-state index in [1.165, 1.54) is 25.7 Å². The Morgan fingerprint density at radius 1 is 1.24 bits per heavy atom. The Balaban J connectivity index is 1.32. The van der Waals surface area contributed by atoms with E-state index >= 15 is 0 Å². The van der Waals surface area contributed by atoms with E-state index in [4.69, 9.17) is 9.84 Å². The van der Waals surface area contributed by atoms with Crippen LogP contribution in [-0.4, -0.2) is 30.8 Å². The average Bonchev–Trinajstić information content (AvgIpc) is 3.10. The lowest BCUT2D eigenvalue weighted by Gasteiger charge is -2.21. The third-order valence-corrected chi connectivity index (χ3v) is 4.94. The number of nitrogens with one attached hydrogen (secondary N) is 1. The van der Waals surface area contributed by atoms with E-state index in [2.05, 4.69) is 5.32 Å². The van der Waals surface area contributed by atoms with Crippen molar-refractivity contribution in [1.82, 2.24) is 5.32 Å². The molecule has 0 spiro atoms. The zero-order chi connectivity index (χ0) is 14.7. The van der Waals surface area contributed by atoms with Gasteiger partial charge in [0.25, 0.3) is 0 Å². The first kappa shape index (κ1) is 14.4. The number of hydrogen-bond donors (Lipinski definition) is 2. The molecule has 3 unspecified atom stereocenters. The molecule has 0 aliphatic heterocycles. The van der Waals surface area contributed by atoms with Crippen molar-refractivity contribution < 1.29 is 14.6 Å². The Morgan fingerprint density at radius 2 is 2.05 bits per heavy atom. The third kappa shape index (κ3) is 3.56. The van der Waals surface area contributed by atoms with Crippen molar-refractivity contribution in [3.63, 3.8) is 0 Å². The van der Waals surface area contributed by atoms with Crippen molar-refractivity contribution >= 4 is 5.97 Å². The van der Waals surface area contributed by atoms with Crippen LogP contribution >= 0.6 is 0 Å². The summed E-state index contributed by atoms with van der Waals surface area (Å²) in [5.41, 5.74) is 0.289. The second-order valence-corrected chi connectivity index (χ2v) is 6.32. The predicted molar refractivity (Wildman–Crippen MR) is 80.7 cm³/mol. The van der Waals surface area contributed by atoms with Crippen LogP contribution < -0.4 is 10.1 Å². The lowest BCUT2D eigenvalue weighted by Crippen LogP contribution is -2.29. The van der Waals surface area contributed by atoms with Gasteiger partial charge in [0.15, 0.2) is 0 Å². The Hall–Kier alpha value is -1.55. The normalized spacial score (nSPS) is 27.0. The fourth-order valence-electron chi connectivity index (χ4n) is 3.85. The Bertz CT molecular complexity index is 485. The van der Waals surface area contributed by atoms with Gasteiger partial charge in [-0.15, -0.1) is 0 Å². The molecule has 2 aliphatic rings. The molecule has 2 aliphatic carbocycles. The van der Waals surface area contributed by atoms with Crippen LogP contribution in [0.2, 0.25) is 0 Å². The molecule has 1 aromatic carbocycles. The van der Waals surface area contributed by atoms with Crippen LogP contribution in [0, 0.1) is 17.8 Å². The topological polar surface area (TPSA) is 58.6 Å². The van der Waals surface area contributed by atoms with Crippen molar-refractivity contribution in [2.45, 2.75) is 25.7 Å². The fraction of sp³-hybridized carbons (Fsp3) is 0.588. The highest BCUT2D eigenvalue weighted by molar-refractivity contribution is 5.87. The number of hydrogen-bond acceptors (Lipinski definition) is 3. The molecule has 2 saturated carbocycles. The van der Waals surface area contributed by atoms with Gasteiger partial charge in [-0.25, -0.2) is 4.79 Å². The number of carboxylic acid groups (broad SMARTS) is 1. The number of carbonyl (C=O) groups is 1. The summed E-state index contributed by atoms with van der Waals surface area (Å²) in [6.45, 7) is 2.57. The third-order valence-electron chi connectivity index (χ3n) is 4.94. The van der Waals surface area contributed by atoms with E-state index in [1.807, 2.05) is 0 Å². The van der Waals surface area contributed by atoms with Gasteiger partial charge in [0.05, 0.1) is 5.56 Å². The highest BCUT2D eigenvalue weighted by atomic mass is 16.5. The number of carboxylic acids is 1. The maximum Gasteiger partial charge on any atom is 0.335 e. The van der Waals surface area contributed by atoms with Gasteiger partial charge < -0.3 is 15.2 Å². The van der Waals surface area contributed by atoms with Crippen LogP contribution in [0.15, 0.2) is 24.3 Å². The van der Waals surface area contributed by atoms with Crippen LogP contribution in [-0.2, 0) is 0 Å². The Kier molecular flexibility index (Phi) is 4.44. The summed E-state index contributed by atoms with van der Waals surface area (Å²) < 4.78 is 5.61. The van der Waals surface area contributed by atoms with Crippen molar-refractivity contribution in [3.8, 4) is 5.75 Å². The minimum atomic E-state index is -0.908. The fourth-order valence-corrected chi connectivity index (χ4v) is 3.85. The maximum absolute atomic E-state index is 10.7. The molecule has 4 nitrogen and oxygen atoms in total. The van der Waals surface area contributed by atoms with E-state index in [0.717, 1.165) is 36.6 Å². The van der Waals surface area contributed by atoms with Gasteiger partial charge in [0.1, 0.15) is 12.4 Å². The molecule has 3 atom stereocenters. The van der Waals surface area contributed by atoms with E-state index in [9.17, 15) is 4.79 Å². The number of ether oxygens (including phenoxy) is 1. The van der Waals surface area contributed by atoms with Crippen LogP contribution in [0.25, 0.3) is 0 Å². The quantitative estimate of drug-likeness (QED) is 0.758. The first-order valence-electron chi connectivity index (χ1n) is 7.89. The maximum atomic E-state index is 10.7. The van der Waals surface area contributed by atoms with Crippen molar-refractivity contribution in [2.75, 3.05) is 19.7 Å². The molecule has 2 N–H and O–H groups in total. The molecule has 0 amide bonds. The van der Waals surface area contributed by atoms with E-state index in [0.29, 0.717) is 6.61 Å². The second kappa shape index (κ2) is 6.48. The minimum Gasteiger partial charge on any atom is -0.492 e. The molecule has 2 fully saturated rings. The van der Waals surface area contributed by atoms with Gasteiger partial charge in [0.2, 0.25) is 0 Å². The number of rotatable bonds is 7. The first-order chi connectivity index (χ1) is 10.2. The molecule has 114 valence electrons. The van der Waals surface area contributed by atoms with Crippen LogP contribution in [0.5, 0.6) is 5.75 Å². The summed E-state index contributed by atoms with van der Waals surface area (Å²) in [7, 11) is 0. The average molecular weight is 289 g/mol. The van der Waals surface area contributed by atoms with Crippen molar-refractivity contribution in [2.24, 2.45) is 17.8 Å². The summed E-state index contributed by atoms with van der Waals surface area (Å²) >= 11 is 0. The van der Waals surface area contributed by atoms with Crippen molar-refractivity contribution in [1.29, 1.82) is 0 Å². The molecule has 3 rings (SSSR count). The molecule has 2 bridgehead atoms. The highest BCUT2D eigenvalue weighted by Gasteiger charge is 2.38. The Morgan fingerprint density at radius 3 is 2.67 bits per heavy atom. The molecule has 1 aromatic rings. The molecular formula is C17H23NO3. The van der Waals surface area contributed by atoms with E-state index < -0.39 is 5.97 Å². The highest BCUT2D eigenvalue weighted by Crippen LogP contribution is 2.47. The summed E-state index contributed by atoms with van der Waals surface area (Å²) in [4.78, 5) is 10.7. The van der Waals surface area contributed by atoms with Gasteiger partial charge in [-0.2, -0.15) is 0 Å².